The van der Waals surface area contributed by atoms with Crippen LogP contribution in [-0.2, 0) is 6.54 Å². The van der Waals surface area contributed by atoms with Gasteiger partial charge >= 0.3 is 0 Å². The van der Waals surface area contributed by atoms with Gasteiger partial charge in [-0.05, 0) is 30.0 Å². The summed E-state index contributed by atoms with van der Waals surface area (Å²) in [4.78, 5) is 0. The first-order valence-corrected chi connectivity index (χ1v) is 5.97. The Kier molecular flexibility index (Phi) is 5.67. The maximum atomic E-state index is 5.19. The highest BCUT2D eigenvalue weighted by Crippen LogP contribution is 2.14. The third kappa shape index (κ3) is 4.51. The molecule has 0 saturated carbocycles. The summed E-state index contributed by atoms with van der Waals surface area (Å²) < 4.78 is 0. The molecular weight excluding hydrogens is 194 g/mol. The Morgan fingerprint density at radius 1 is 1.25 bits per heavy atom. The summed E-state index contributed by atoms with van der Waals surface area (Å²) in [5, 5.41) is 3.39. The molecule has 1 aromatic carbocycles. The maximum Gasteiger partial charge on any atom is 0.0205 e. The molecule has 0 spiro atoms. The van der Waals surface area contributed by atoms with E-state index in [9.17, 15) is 0 Å². The Balaban J connectivity index is 2.30. The summed E-state index contributed by atoms with van der Waals surface area (Å²) >= 11 is 0. The first-order chi connectivity index (χ1) is 7.74. The van der Waals surface area contributed by atoms with E-state index in [0.29, 0.717) is 5.92 Å². The number of hydrogen-bond acceptors (Lipinski definition) is 1. The number of nitrogens with one attached hydrogen (secondary N) is 1. The second-order valence-corrected chi connectivity index (χ2v) is 4.38. The van der Waals surface area contributed by atoms with Crippen molar-refractivity contribution in [2.45, 2.75) is 39.2 Å². The molecule has 1 rings (SSSR count). The van der Waals surface area contributed by atoms with Crippen molar-refractivity contribution in [3.8, 4) is 12.3 Å². The molecule has 16 heavy (non-hydrogen) atoms. The van der Waals surface area contributed by atoms with Gasteiger partial charge in [0.1, 0.15) is 0 Å². The zero-order chi connectivity index (χ0) is 11.8. The monoisotopic (exact) mass is 215 g/mol. The number of rotatable bonds is 6. The quantitative estimate of drug-likeness (QED) is 0.567. The molecule has 0 amide bonds. The molecule has 0 heterocycles. The van der Waals surface area contributed by atoms with Crippen molar-refractivity contribution in [1.29, 1.82) is 0 Å². The lowest BCUT2D eigenvalue weighted by atomic mass is 10.0. The minimum atomic E-state index is 0.609. The van der Waals surface area contributed by atoms with E-state index in [-0.39, 0.29) is 0 Å². The molecule has 1 aromatic rings. The van der Waals surface area contributed by atoms with Crippen molar-refractivity contribution in [1.82, 2.24) is 5.32 Å². The van der Waals surface area contributed by atoms with Crippen LogP contribution in [0.15, 0.2) is 24.3 Å². The van der Waals surface area contributed by atoms with Crippen LogP contribution in [0.2, 0.25) is 0 Å². The third-order valence-electron chi connectivity index (χ3n) is 2.65. The number of hydrogen-bond donors (Lipinski definition) is 1. The van der Waals surface area contributed by atoms with Crippen LogP contribution in [-0.4, -0.2) is 6.54 Å². The molecule has 0 aliphatic heterocycles. The van der Waals surface area contributed by atoms with E-state index in [2.05, 4.69) is 49.4 Å². The average molecular weight is 215 g/mol. The highest BCUT2D eigenvalue weighted by atomic mass is 14.8. The highest BCUT2D eigenvalue weighted by molar-refractivity contribution is 5.24. The van der Waals surface area contributed by atoms with Crippen molar-refractivity contribution >= 4 is 0 Å². The number of benzene rings is 1. The van der Waals surface area contributed by atoms with E-state index in [1.807, 2.05) is 0 Å². The van der Waals surface area contributed by atoms with Crippen LogP contribution in [0.1, 0.15) is 43.7 Å². The van der Waals surface area contributed by atoms with Gasteiger partial charge in [-0.2, -0.15) is 0 Å². The Morgan fingerprint density at radius 3 is 2.50 bits per heavy atom. The van der Waals surface area contributed by atoms with E-state index in [1.54, 1.807) is 0 Å². The van der Waals surface area contributed by atoms with Gasteiger partial charge in [-0.3, -0.25) is 0 Å². The molecule has 0 aliphatic carbocycles. The first kappa shape index (κ1) is 12.8. The fourth-order valence-electron chi connectivity index (χ4n) is 1.57. The fraction of sp³-hybridized carbons (Fsp3) is 0.467. The zero-order valence-corrected chi connectivity index (χ0v) is 10.3. The summed E-state index contributed by atoms with van der Waals surface area (Å²) in [5.41, 5.74) is 2.74. The molecule has 0 aromatic heterocycles. The molecule has 1 N–H and O–H groups in total. The van der Waals surface area contributed by atoms with Gasteiger partial charge in [-0.25, -0.2) is 0 Å². The lowest BCUT2D eigenvalue weighted by Gasteiger charge is -2.07. The van der Waals surface area contributed by atoms with Gasteiger partial charge in [0, 0.05) is 13.0 Å². The molecule has 1 nitrogen and oxygen atoms in total. The van der Waals surface area contributed by atoms with Gasteiger partial charge in [-0.1, -0.05) is 38.1 Å². The van der Waals surface area contributed by atoms with Gasteiger partial charge in [0.25, 0.3) is 0 Å². The van der Waals surface area contributed by atoms with Crippen LogP contribution in [0.5, 0.6) is 0 Å². The molecule has 86 valence electrons. The molecule has 1 heteroatoms. The Hall–Kier alpha value is -1.26. The standard InChI is InChI=1S/C15H21N/c1-4-5-6-11-16-12-14-7-9-15(10-8-14)13(2)3/h1,7-10,13,16H,5-6,11-12H2,2-3H3. The van der Waals surface area contributed by atoms with Crippen molar-refractivity contribution in [3.63, 3.8) is 0 Å². The van der Waals surface area contributed by atoms with E-state index in [0.717, 1.165) is 25.9 Å². The summed E-state index contributed by atoms with van der Waals surface area (Å²) in [5.74, 6) is 3.26. The second-order valence-electron chi connectivity index (χ2n) is 4.38. The van der Waals surface area contributed by atoms with Gasteiger partial charge in [0.15, 0.2) is 0 Å². The lowest BCUT2D eigenvalue weighted by Crippen LogP contribution is -2.14. The molecule has 0 atom stereocenters. The summed E-state index contributed by atoms with van der Waals surface area (Å²) in [7, 11) is 0. The molecule has 0 radical (unpaired) electrons. The summed E-state index contributed by atoms with van der Waals surface area (Å²) in [6, 6.07) is 8.82. The third-order valence-corrected chi connectivity index (χ3v) is 2.65. The van der Waals surface area contributed by atoms with Crippen molar-refractivity contribution in [3.05, 3.63) is 35.4 Å². The minimum absolute atomic E-state index is 0.609. The lowest BCUT2D eigenvalue weighted by molar-refractivity contribution is 0.659. The topological polar surface area (TPSA) is 12.0 Å². The van der Waals surface area contributed by atoms with Crippen LogP contribution >= 0.6 is 0 Å². The summed E-state index contributed by atoms with van der Waals surface area (Å²) in [6.07, 6.45) is 7.11. The molecule has 0 fully saturated rings. The largest absolute Gasteiger partial charge is 0.313 e. The smallest absolute Gasteiger partial charge is 0.0205 e. The van der Waals surface area contributed by atoms with Gasteiger partial charge < -0.3 is 5.32 Å². The van der Waals surface area contributed by atoms with Crippen LogP contribution in [0.25, 0.3) is 0 Å². The number of unbranched alkanes of at least 4 members (excludes halogenated alkanes) is 1. The van der Waals surface area contributed by atoms with Crippen LogP contribution < -0.4 is 5.32 Å². The molecule has 0 saturated heterocycles. The maximum absolute atomic E-state index is 5.19. The predicted octanol–water partition coefficient (Wildman–Crippen LogP) is 3.31. The van der Waals surface area contributed by atoms with Gasteiger partial charge in [0.2, 0.25) is 0 Å². The van der Waals surface area contributed by atoms with E-state index in [4.69, 9.17) is 6.42 Å². The molecule has 0 unspecified atom stereocenters. The molecule has 0 bridgehead atoms. The van der Waals surface area contributed by atoms with Crippen LogP contribution in [0.3, 0.4) is 0 Å². The normalized spacial score (nSPS) is 10.4. The number of terminal acetylenes is 1. The van der Waals surface area contributed by atoms with Crippen LogP contribution in [0, 0.1) is 12.3 Å². The summed E-state index contributed by atoms with van der Waals surface area (Å²) in [6.45, 7) is 6.36. The fourth-order valence-corrected chi connectivity index (χ4v) is 1.57. The van der Waals surface area contributed by atoms with E-state index < -0.39 is 0 Å². The Bertz CT molecular complexity index is 329. The predicted molar refractivity (Wildman–Crippen MR) is 70.3 cm³/mol. The van der Waals surface area contributed by atoms with Crippen LogP contribution in [0.4, 0.5) is 0 Å². The molecular formula is C15H21N. The Morgan fingerprint density at radius 2 is 1.94 bits per heavy atom. The molecule has 0 aliphatic rings. The van der Waals surface area contributed by atoms with Gasteiger partial charge in [0.05, 0.1) is 0 Å². The van der Waals surface area contributed by atoms with Gasteiger partial charge in [-0.15, -0.1) is 12.3 Å². The average Bonchev–Trinajstić information content (AvgIpc) is 2.29. The van der Waals surface area contributed by atoms with Crippen molar-refractivity contribution < 1.29 is 0 Å². The van der Waals surface area contributed by atoms with Crippen molar-refractivity contribution in [2.24, 2.45) is 0 Å². The highest BCUT2D eigenvalue weighted by Gasteiger charge is 1.98. The van der Waals surface area contributed by atoms with E-state index >= 15 is 0 Å². The minimum Gasteiger partial charge on any atom is -0.313 e. The SMILES string of the molecule is C#CCCCNCc1ccc(C(C)C)cc1. The van der Waals surface area contributed by atoms with Crippen molar-refractivity contribution in [2.75, 3.05) is 6.54 Å². The zero-order valence-electron chi connectivity index (χ0n) is 10.3. The second kappa shape index (κ2) is 7.09. The van der Waals surface area contributed by atoms with E-state index in [1.165, 1.54) is 11.1 Å². The Labute approximate surface area is 99.3 Å². The first-order valence-electron chi connectivity index (χ1n) is 5.97.